The predicted octanol–water partition coefficient (Wildman–Crippen LogP) is 5.17. The Morgan fingerprint density at radius 3 is 2.21 bits per heavy atom. The number of aryl methyl sites for hydroxylation is 2. The maximum Gasteiger partial charge on any atom is 0.148 e. The molecule has 0 amide bonds. The van der Waals surface area contributed by atoms with E-state index in [1.54, 1.807) is 6.07 Å². The lowest BCUT2D eigenvalue weighted by Crippen LogP contribution is -1.84. The van der Waals surface area contributed by atoms with Crippen LogP contribution in [0.15, 0.2) is 34.1 Å². The fraction of sp³-hybridized carbons (Fsp3) is 0.143. The van der Waals surface area contributed by atoms with Crippen molar-refractivity contribution in [2.75, 3.05) is 0 Å². The van der Waals surface area contributed by atoms with E-state index in [1.807, 2.05) is 26.0 Å². The zero-order valence-corrected chi connectivity index (χ0v) is 12.7. The molecule has 2 rings (SSSR count). The molecule has 0 heterocycles. The normalized spacial score (nSPS) is 10.7. The van der Waals surface area contributed by atoms with Crippen LogP contribution in [0.3, 0.4) is 0 Å². The topological polar surface area (TPSA) is 40.5 Å². The van der Waals surface area contributed by atoms with Crippen LogP contribution in [-0.2, 0) is 0 Å². The third-order valence-electron chi connectivity index (χ3n) is 2.62. The minimum Gasteiger partial charge on any atom is -0.506 e. The highest BCUT2D eigenvalue weighted by Crippen LogP contribution is 2.44. The summed E-state index contributed by atoms with van der Waals surface area (Å²) in [6, 6.07) is 6.83. The van der Waals surface area contributed by atoms with E-state index in [-0.39, 0.29) is 16.5 Å². The van der Waals surface area contributed by atoms with Gasteiger partial charge in [0.25, 0.3) is 0 Å². The molecule has 0 aliphatic carbocycles. The Labute approximate surface area is 126 Å². The van der Waals surface area contributed by atoms with Gasteiger partial charge in [0.1, 0.15) is 11.5 Å². The van der Waals surface area contributed by atoms with Crippen LogP contribution in [-0.4, -0.2) is 10.2 Å². The van der Waals surface area contributed by atoms with Gasteiger partial charge in [0.15, 0.2) is 0 Å². The molecule has 2 aromatic rings. The predicted molar refractivity (Wildman–Crippen MR) is 79.8 cm³/mol. The van der Waals surface area contributed by atoms with Crippen LogP contribution in [0.5, 0.6) is 11.5 Å². The van der Waals surface area contributed by atoms with Gasteiger partial charge in [-0.3, -0.25) is 0 Å². The molecule has 2 N–H and O–H groups in total. The Hall–Kier alpha value is -1.03. The fourth-order valence-corrected chi connectivity index (χ4v) is 3.48. The number of hydrogen-bond donors (Lipinski definition) is 2. The van der Waals surface area contributed by atoms with Gasteiger partial charge in [-0.25, -0.2) is 0 Å². The van der Waals surface area contributed by atoms with E-state index in [4.69, 9.17) is 23.2 Å². The third-order valence-corrected chi connectivity index (χ3v) is 4.19. The van der Waals surface area contributed by atoms with Crippen molar-refractivity contribution in [1.82, 2.24) is 0 Å². The Bertz CT molecular complexity index is 586. The highest BCUT2D eigenvalue weighted by molar-refractivity contribution is 7.99. The molecule has 0 spiro atoms. The van der Waals surface area contributed by atoms with Crippen molar-refractivity contribution in [1.29, 1.82) is 0 Å². The van der Waals surface area contributed by atoms with Gasteiger partial charge in [0.05, 0.1) is 14.8 Å². The quantitative estimate of drug-likeness (QED) is 0.803. The lowest BCUT2D eigenvalue weighted by atomic mass is 10.1. The van der Waals surface area contributed by atoms with Crippen LogP contribution in [0, 0.1) is 13.8 Å². The zero-order chi connectivity index (χ0) is 14.2. The summed E-state index contributed by atoms with van der Waals surface area (Å²) in [5, 5.41) is 20.6. The van der Waals surface area contributed by atoms with Crippen molar-refractivity contribution in [3.63, 3.8) is 0 Å². The highest BCUT2D eigenvalue weighted by atomic mass is 35.5. The van der Waals surface area contributed by atoms with E-state index in [0.717, 1.165) is 11.1 Å². The summed E-state index contributed by atoms with van der Waals surface area (Å²) in [7, 11) is 0. The standard InChI is InChI=1S/C14H12Cl2O2S/c1-7-3-8(2)13(17)11(4-7)19-12-6-9(15)5-10(16)14(12)18/h3-6,17-18H,1-2H3. The molecule has 0 aromatic heterocycles. The number of rotatable bonds is 2. The summed E-state index contributed by atoms with van der Waals surface area (Å²) >= 11 is 13.0. The monoisotopic (exact) mass is 314 g/mol. The van der Waals surface area contributed by atoms with Gasteiger partial charge in [0, 0.05) is 5.02 Å². The first-order valence-corrected chi connectivity index (χ1v) is 7.12. The molecule has 0 unspecified atom stereocenters. The van der Waals surface area contributed by atoms with Crippen molar-refractivity contribution in [2.45, 2.75) is 23.6 Å². The molecular formula is C14H12Cl2O2S. The summed E-state index contributed by atoms with van der Waals surface area (Å²) in [6.07, 6.45) is 0. The maximum atomic E-state index is 10.0. The smallest absolute Gasteiger partial charge is 0.148 e. The van der Waals surface area contributed by atoms with Crippen LogP contribution in [0.2, 0.25) is 10.0 Å². The molecule has 100 valence electrons. The van der Waals surface area contributed by atoms with Gasteiger partial charge >= 0.3 is 0 Å². The molecule has 0 aliphatic heterocycles. The molecule has 0 radical (unpaired) electrons. The van der Waals surface area contributed by atoms with Gasteiger partial charge < -0.3 is 10.2 Å². The molecule has 0 bridgehead atoms. The molecule has 0 saturated heterocycles. The third kappa shape index (κ3) is 3.11. The van der Waals surface area contributed by atoms with Crippen LogP contribution in [0.25, 0.3) is 0 Å². The second-order valence-corrected chi connectivity index (χ2v) is 6.19. The molecule has 0 saturated carbocycles. The minimum atomic E-state index is -0.0328. The molecule has 19 heavy (non-hydrogen) atoms. The van der Waals surface area contributed by atoms with E-state index in [0.29, 0.717) is 14.8 Å². The summed E-state index contributed by atoms with van der Waals surface area (Å²) in [4.78, 5) is 1.17. The van der Waals surface area contributed by atoms with Gasteiger partial charge in [-0.1, -0.05) is 41.0 Å². The summed E-state index contributed by atoms with van der Waals surface area (Å²) in [5.74, 6) is 0.167. The van der Waals surface area contributed by atoms with Crippen LogP contribution < -0.4 is 0 Å². The first kappa shape index (κ1) is 14.4. The Morgan fingerprint density at radius 1 is 0.895 bits per heavy atom. The average Bonchev–Trinajstić information content (AvgIpc) is 2.31. The SMILES string of the molecule is Cc1cc(C)c(O)c(Sc2cc(Cl)cc(Cl)c2O)c1. The maximum absolute atomic E-state index is 10.0. The highest BCUT2D eigenvalue weighted by Gasteiger charge is 2.13. The number of hydrogen-bond acceptors (Lipinski definition) is 3. The lowest BCUT2D eigenvalue weighted by molar-refractivity contribution is 0.456. The number of aromatic hydroxyl groups is 2. The molecule has 2 aromatic carbocycles. The van der Waals surface area contributed by atoms with Crippen LogP contribution in [0.1, 0.15) is 11.1 Å². The van der Waals surface area contributed by atoms with Crippen molar-refractivity contribution < 1.29 is 10.2 Å². The second-order valence-electron chi connectivity index (χ2n) is 4.26. The van der Waals surface area contributed by atoms with Crippen molar-refractivity contribution in [3.05, 3.63) is 45.4 Å². The van der Waals surface area contributed by atoms with Crippen LogP contribution >= 0.6 is 35.0 Å². The summed E-state index contributed by atoms with van der Waals surface area (Å²) in [6.45, 7) is 3.78. The molecule has 0 aliphatic rings. The zero-order valence-electron chi connectivity index (χ0n) is 10.4. The summed E-state index contributed by atoms with van der Waals surface area (Å²) < 4.78 is 0. The minimum absolute atomic E-state index is 0.0328. The van der Waals surface area contributed by atoms with Crippen LogP contribution in [0.4, 0.5) is 0 Å². The molecule has 0 atom stereocenters. The molecular weight excluding hydrogens is 303 g/mol. The van der Waals surface area contributed by atoms with Crippen molar-refractivity contribution in [2.24, 2.45) is 0 Å². The largest absolute Gasteiger partial charge is 0.506 e. The number of phenols is 2. The first-order chi connectivity index (χ1) is 8.88. The van der Waals surface area contributed by atoms with Crippen molar-refractivity contribution in [3.8, 4) is 11.5 Å². The van der Waals surface area contributed by atoms with E-state index >= 15 is 0 Å². The number of halogens is 2. The van der Waals surface area contributed by atoms with E-state index in [2.05, 4.69) is 0 Å². The number of phenolic OH excluding ortho intramolecular Hbond substituents is 2. The summed E-state index contributed by atoms with van der Waals surface area (Å²) in [5.41, 5.74) is 1.82. The number of benzene rings is 2. The average molecular weight is 315 g/mol. The Morgan fingerprint density at radius 2 is 1.53 bits per heavy atom. The first-order valence-electron chi connectivity index (χ1n) is 5.54. The molecule has 0 fully saturated rings. The second kappa shape index (κ2) is 5.53. The lowest BCUT2D eigenvalue weighted by Gasteiger charge is -2.10. The van der Waals surface area contributed by atoms with Gasteiger partial charge in [-0.2, -0.15) is 0 Å². The van der Waals surface area contributed by atoms with E-state index in [1.165, 1.54) is 17.8 Å². The van der Waals surface area contributed by atoms with Gasteiger partial charge in [-0.05, 0) is 43.2 Å². The Balaban J connectivity index is 2.47. The molecule has 2 nitrogen and oxygen atoms in total. The van der Waals surface area contributed by atoms with Crippen molar-refractivity contribution >= 4 is 35.0 Å². The van der Waals surface area contributed by atoms with Gasteiger partial charge in [0.2, 0.25) is 0 Å². The van der Waals surface area contributed by atoms with Gasteiger partial charge in [-0.15, -0.1) is 0 Å². The fourth-order valence-electron chi connectivity index (χ4n) is 1.74. The molecule has 5 heteroatoms. The Kier molecular flexibility index (Phi) is 4.19. The van der Waals surface area contributed by atoms with E-state index in [9.17, 15) is 10.2 Å². The van der Waals surface area contributed by atoms with E-state index < -0.39 is 0 Å².